The van der Waals surface area contributed by atoms with Gasteiger partial charge in [-0.2, -0.15) is 0 Å². The highest BCUT2D eigenvalue weighted by atomic mass is 16.5. The molecule has 1 N–H and O–H groups in total. The van der Waals surface area contributed by atoms with Gasteiger partial charge >= 0.3 is 5.97 Å². The Balaban J connectivity index is 4.95. The molecule has 3 heteroatoms. The van der Waals surface area contributed by atoms with E-state index in [2.05, 4.69) is 16.6 Å². The largest absolute Gasteiger partial charge is 0.465 e. The van der Waals surface area contributed by atoms with Crippen LogP contribution in [0.2, 0.25) is 0 Å². The Morgan fingerprint density at radius 3 is 2.44 bits per heavy atom. The molecule has 0 amide bonds. The van der Waals surface area contributed by atoms with E-state index in [1.54, 1.807) is 0 Å². The monoisotopic (exact) mass is 223 g/mol. The van der Waals surface area contributed by atoms with E-state index >= 15 is 0 Å². The fourth-order valence-corrected chi connectivity index (χ4v) is 1.23. The summed E-state index contributed by atoms with van der Waals surface area (Å²) < 4.78 is 4.67. The number of methoxy groups -OCH3 is 1. The first-order chi connectivity index (χ1) is 7.56. The molecule has 0 aliphatic heterocycles. The van der Waals surface area contributed by atoms with E-state index in [0.717, 1.165) is 18.5 Å². The number of carbonyl (C=O) groups excluding carboxylic acids is 1. The second kappa shape index (κ2) is 7.88. The second-order valence-corrected chi connectivity index (χ2v) is 3.67. The van der Waals surface area contributed by atoms with Gasteiger partial charge in [0.15, 0.2) is 0 Å². The molecule has 0 aromatic rings. The quantitative estimate of drug-likeness (QED) is 0.426. The molecule has 0 bridgehead atoms. The number of carbonyl (C=O) groups is 1. The first-order valence-corrected chi connectivity index (χ1v) is 5.30. The standard InChI is InChI=1S/C13H21NO2/c1-6-11(13(15)16-5)9-12(10(2)3)7-8-14-4/h6,9,14H,1,7-8H2,2-5H3/b11-9+. The van der Waals surface area contributed by atoms with E-state index in [-0.39, 0.29) is 5.97 Å². The lowest BCUT2D eigenvalue weighted by Crippen LogP contribution is -2.09. The predicted octanol–water partition coefficient (Wildman–Crippen LogP) is 2.22. The first-order valence-electron chi connectivity index (χ1n) is 5.30. The average Bonchev–Trinajstić information content (AvgIpc) is 2.28. The molecule has 0 aromatic heterocycles. The Morgan fingerprint density at radius 1 is 1.44 bits per heavy atom. The maximum atomic E-state index is 11.4. The molecule has 0 unspecified atom stereocenters. The third-order valence-electron chi connectivity index (χ3n) is 2.26. The van der Waals surface area contributed by atoms with Crippen molar-refractivity contribution < 1.29 is 9.53 Å². The highest BCUT2D eigenvalue weighted by Gasteiger charge is 2.06. The zero-order valence-electron chi connectivity index (χ0n) is 10.6. The van der Waals surface area contributed by atoms with E-state index in [1.165, 1.54) is 18.8 Å². The van der Waals surface area contributed by atoms with Crippen molar-refractivity contribution in [3.05, 3.63) is 35.5 Å². The normalized spacial score (nSPS) is 10.9. The van der Waals surface area contributed by atoms with Crippen LogP contribution < -0.4 is 5.32 Å². The van der Waals surface area contributed by atoms with Crippen molar-refractivity contribution in [2.24, 2.45) is 0 Å². The first kappa shape index (κ1) is 14.6. The van der Waals surface area contributed by atoms with E-state index in [1.807, 2.05) is 27.0 Å². The van der Waals surface area contributed by atoms with E-state index in [9.17, 15) is 4.79 Å². The van der Waals surface area contributed by atoms with Gasteiger partial charge in [-0.05, 0) is 45.5 Å². The zero-order chi connectivity index (χ0) is 12.6. The van der Waals surface area contributed by atoms with Crippen molar-refractivity contribution in [2.45, 2.75) is 20.3 Å². The number of hydrogen-bond acceptors (Lipinski definition) is 3. The van der Waals surface area contributed by atoms with Crippen molar-refractivity contribution in [3.8, 4) is 0 Å². The van der Waals surface area contributed by atoms with Crippen LogP contribution in [0.5, 0.6) is 0 Å². The summed E-state index contributed by atoms with van der Waals surface area (Å²) in [5.74, 6) is -0.349. The average molecular weight is 223 g/mol. The molecule has 0 saturated carbocycles. The molecule has 0 spiro atoms. The lowest BCUT2D eigenvalue weighted by Gasteiger charge is -2.07. The molecule has 0 aromatic carbocycles. The number of ether oxygens (including phenoxy) is 1. The van der Waals surface area contributed by atoms with E-state index < -0.39 is 0 Å². The summed E-state index contributed by atoms with van der Waals surface area (Å²) in [6.07, 6.45) is 4.24. The smallest absolute Gasteiger partial charge is 0.337 e. The molecule has 0 aliphatic rings. The predicted molar refractivity (Wildman–Crippen MR) is 67.2 cm³/mol. The van der Waals surface area contributed by atoms with E-state index in [4.69, 9.17) is 0 Å². The minimum Gasteiger partial charge on any atom is -0.465 e. The summed E-state index contributed by atoms with van der Waals surface area (Å²) in [5.41, 5.74) is 2.82. The van der Waals surface area contributed by atoms with Crippen molar-refractivity contribution >= 4 is 5.97 Å². The van der Waals surface area contributed by atoms with Crippen LogP contribution in [0.4, 0.5) is 0 Å². The van der Waals surface area contributed by atoms with Gasteiger partial charge in [0.25, 0.3) is 0 Å². The molecule has 0 radical (unpaired) electrons. The van der Waals surface area contributed by atoms with Crippen molar-refractivity contribution in [1.29, 1.82) is 0 Å². The number of rotatable bonds is 6. The summed E-state index contributed by atoms with van der Waals surface area (Å²) >= 11 is 0. The van der Waals surface area contributed by atoms with Gasteiger partial charge in [-0.3, -0.25) is 0 Å². The topological polar surface area (TPSA) is 38.3 Å². The van der Waals surface area contributed by atoms with Crippen LogP contribution >= 0.6 is 0 Å². The number of esters is 1. The van der Waals surface area contributed by atoms with Gasteiger partial charge in [-0.25, -0.2) is 4.79 Å². The summed E-state index contributed by atoms with van der Waals surface area (Å²) in [4.78, 5) is 11.4. The number of nitrogens with one attached hydrogen (secondary N) is 1. The Hall–Kier alpha value is -1.35. The highest BCUT2D eigenvalue weighted by Crippen LogP contribution is 2.13. The summed E-state index contributed by atoms with van der Waals surface area (Å²) in [6, 6.07) is 0. The molecule has 0 rings (SSSR count). The Kier molecular flexibility index (Phi) is 7.21. The number of hydrogen-bond donors (Lipinski definition) is 1. The second-order valence-electron chi connectivity index (χ2n) is 3.67. The van der Waals surface area contributed by atoms with Crippen LogP contribution in [0.15, 0.2) is 35.5 Å². The fourth-order valence-electron chi connectivity index (χ4n) is 1.23. The molecule has 16 heavy (non-hydrogen) atoms. The summed E-state index contributed by atoms with van der Waals surface area (Å²) in [7, 11) is 3.27. The molecule has 0 aliphatic carbocycles. The van der Waals surface area contributed by atoms with Crippen LogP contribution in [0.3, 0.4) is 0 Å². The van der Waals surface area contributed by atoms with Gasteiger partial charge in [0.1, 0.15) is 0 Å². The maximum absolute atomic E-state index is 11.4. The van der Waals surface area contributed by atoms with Gasteiger partial charge < -0.3 is 10.1 Å². The molecule has 90 valence electrons. The third-order valence-corrected chi connectivity index (χ3v) is 2.26. The van der Waals surface area contributed by atoms with Gasteiger partial charge in [-0.15, -0.1) is 0 Å². The van der Waals surface area contributed by atoms with Crippen LogP contribution in [-0.4, -0.2) is 26.7 Å². The summed E-state index contributed by atoms with van der Waals surface area (Å²) in [6.45, 7) is 8.55. The Morgan fingerprint density at radius 2 is 2.06 bits per heavy atom. The highest BCUT2D eigenvalue weighted by molar-refractivity contribution is 5.91. The lowest BCUT2D eigenvalue weighted by molar-refractivity contribution is -0.135. The molecular formula is C13H21NO2. The SMILES string of the molecule is C=C/C(=C\C(CCNC)=C(C)C)C(=O)OC. The van der Waals surface area contributed by atoms with E-state index in [0.29, 0.717) is 5.57 Å². The van der Waals surface area contributed by atoms with Gasteiger partial charge in [-0.1, -0.05) is 18.2 Å². The minimum absolute atomic E-state index is 0.349. The van der Waals surface area contributed by atoms with Crippen LogP contribution in [-0.2, 0) is 9.53 Å². The van der Waals surface area contributed by atoms with Crippen molar-refractivity contribution in [1.82, 2.24) is 5.32 Å². The van der Waals surface area contributed by atoms with Crippen LogP contribution in [0.25, 0.3) is 0 Å². The van der Waals surface area contributed by atoms with Gasteiger partial charge in [0.2, 0.25) is 0 Å². The number of allylic oxidation sites excluding steroid dienone is 2. The third kappa shape index (κ3) is 4.94. The van der Waals surface area contributed by atoms with Crippen molar-refractivity contribution in [2.75, 3.05) is 20.7 Å². The van der Waals surface area contributed by atoms with Gasteiger partial charge in [0, 0.05) is 0 Å². The van der Waals surface area contributed by atoms with Crippen LogP contribution in [0.1, 0.15) is 20.3 Å². The van der Waals surface area contributed by atoms with Crippen LogP contribution in [0, 0.1) is 0 Å². The van der Waals surface area contributed by atoms with Crippen molar-refractivity contribution in [3.63, 3.8) is 0 Å². The maximum Gasteiger partial charge on any atom is 0.337 e. The molecule has 0 atom stereocenters. The molecule has 0 heterocycles. The Bertz CT molecular complexity index is 310. The Labute approximate surface area is 97.9 Å². The minimum atomic E-state index is -0.349. The fraction of sp³-hybridized carbons (Fsp3) is 0.462. The molecule has 3 nitrogen and oxygen atoms in total. The lowest BCUT2D eigenvalue weighted by atomic mass is 10.0. The molecular weight excluding hydrogens is 202 g/mol. The van der Waals surface area contributed by atoms with Gasteiger partial charge in [0.05, 0.1) is 12.7 Å². The zero-order valence-corrected chi connectivity index (χ0v) is 10.6. The summed E-state index contributed by atoms with van der Waals surface area (Å²) in [5, 5.41) is 3.08. The molecule has 0 fully saturated rings. The molecule has 0 saturated heterocycles.